The molecule has 0 aliphatic carbocycles. The van der Waals surface area contributed by atoms with Crippen molar-refractivity contribution in [1.29, 1.82) is 0 Å². The van der Waals surface area contributed by atoms with E-state index in [1.807, 2.05) is 42.0 Å². The molecule has 7 nitrogen and oxygen atoms in total. The first-order valence-corrected chi connectivity index (χ1v) is 7.26. The predicted molar refractivity (Wildman–Crippen MR) is 82.7 cm³/mol. The van der Waals surface area contributed by atoms with Crippen molar-refractivity contribution in [3.63, 3.8) is 0 Å². The maximum Gasteiger partial charge on any atom is 0.156 e. The lowest BCUT2D eigenvalue weighted by Gasteiger charge is -2.02. The molecule has 116 valence electrons. The summed E-state index contributed by atoms with van der Waals surface area (Å²) in [6.45, 7) is 2.47. The Labute approximate surface area is 131 Å². The minimum atomic E-state index is -0.130. The quantitative estimate of drug-likeness (QED) is 0.624. The number of nitrogens with zero attached hydrogens (tertiary/aromatic N) is 5. The Hall–Kier alpha value is -2.93. The molecule has 0 aliphatic rings. The van der Waals surface area contributed by atoms with Crippen LogP contribution < -0.4 is 0 Å². The van der Waals surface area contributed by atoms with E-state index in [9.17, 15) is 0 Å². The summed E-state index contributed by atoms with van der Waals surface area (Å²) in [5.41, 5.74) is 3.73. The van der Waals surface area contributed by atoms with E-state index in [-0.39, 0.29) is 6.61 Å². The average molecular weight is 309 g/mol. The fourth-order valence-corrected chi connectivity index (χ4v) is 2.57. The molecule has 0 spiro atoms. The van der Waals surface area contributed by atoms with Crippen LogP contribution in [0.1, 0.15) is 17.0 Å². The van der Waals surface area contributed by atoms with Gasteiger partial charge < -0.3 is 13.9 Å². The standard InChI is InChI=1S/C16H15N5O2/c1-11-3-2-6-21-12(7-17-16(11)21)8-20-9-14(18-19-20)15-5-4-13(10-22)23-15/h2-7,9,22H,8,10H2,1H3. The van der Waals surface area contributed by atoms with Crippen molar-refractivity contribution in [3.8, 4) is 11.5 Å². The van der Waals surface area contributed by atoms with Gasteiger partial charge in [0.05, 0.1) is 24.6 Å². The third kappa shape index (κ3) is 2.40. The molecule has 0 saturated heterocycles. The molecule has 7 heteroatoms. The fraction of sp³-hybridized carbons (Fsp3) is 0.188. The molecular formula is C16H15N5O2. The molecule has 4 aromatic heterocycles. The van der Waals surface area contributed by atoms with Crippen molar-refractivity contribution in [1.82, 2.24) is 24.4 Å². The number of aryl methyl sites for hydroxylation is 1. The zero-order valence-corrected chi connectivity index (χ0v) is 12.5. The van der Waals surface area contributed by atoms with Gasteiger partial charge >= 0.3 is 0 Å². The van der Waals surface area contributed by atoms with Gasteiger partial charge in [0.15, 0.2) is 5.76 Å². The van der Waals surface area contributed by atoms with Crippen LogP contribution in [0.15, 0.2) is 47.3 Å². The van der Waals surface area contributed by atoms with Crippen LogP contribution in [0.4, 0.5) is 0 Å². The minimum absolute atomic E-state index is 0.130. The van der Waals surface area contributed by atoms with Crippen LogP contribution in [-0.2, 0) is 13.2 Å². The lowest BCUT2D eigenvalue weighted by atomic mass is 10.3. The van der Waals surface area contributed by atoms with Crippen molar-refractivity contribution in [2.75, 3.05) is 0 Å². The second kappa shape index (κ2) is 5.36. The van der Waals surface area contributed by atoms with Crippen LogP contribution in [0.2, 0.25) is 0 Å². The summed E-state index contributed by atoms with van der Waals surface area (Å²) < 4.78 is 9.26. The van der Waals surface area contributed by atoms with E-state index in [1.165, 1.54) is 0 Å². The molecule has 0 amide bonds. The van der Waals surface area contributed by atoms with E-state index >= 15 is 0 Å². The number of pyridine rings is 1. The number of aliphatic hydroxyl groups excluding tert-OH is 1. The highest BCUT2D eigenvalue weighted by atomic mass is 16.4. The molecule has 0 saturated carbocycles. The van der Waals surface area contributed by atoms with Gasteiger partial charge in [-0.3, -0.25) is 0 Å². The van der Waals surface area contributed by atoms with E-state index < -0.39 is 0 Å². The highest BCUT2D eigenvalue weighted by molar-refractivity contribution is 5.50. The number of fused-ring (bicyclic) bond motifs is 1. The largest absolute Gasteiger partial charge is 0.457 e. The van der Waals surface area contributed by atoms with Gasteiger partial charge in [-0.15, -0.1) is 5.10 Å². The molecule has 4 aromatic rings. The van der Waals surface area contributed by atoms with Crippen molar-refractivity contribution in [2.24, 2.45) is 0 Å². The van der Waals surface area contributed by atoms with E-state index in [4.69, 9.17) is 9.52 Å². The number of furan rings is 1. The first kappa shape index (κ1) is 13.7. The van der Waals surface area contributed by atoms with E-state index in [1.54, 1.807) is 16.8 Å². The van der Waals surface area contributed by atoms with Crippen molar-refractivity contribution < 1.29 is 9.52 Å². The number of aliphatic hydroxyl groups is 1. The van der Waals surface area contributed by atoms with Gasteiger partial charge in [-0.25, -0.2) is 9.67 Å². The lowest BCUT2D eigenvalue weighted by molar-refractivity contribution is 0.248. The number of aromatic nitrogens is 5. The molecule has 0 unspecified atom stereocenters. The molecule has 4 rings (SSSR count). The minimum Gasteiger partial charge on any atom is -0.457 e. The molecular weight excluding hydrogens is 294 g/mol. The summed E-state index contributed by atoms with van der Waals surface area (Å²) in [5.74, 6) is 1.10. The first-order chi connectivity index (χ1) is 11.2. The Morgan fingerprint density at radius 3 is 3.00 bits per heavy atom. The zero-order valence-electron chi connectivity index (χ0n) is 12.5. The van der Waals surface area contributed by atoms with Gasteiger partial charge in [0.2, 0.25) is 0 Å². The lowest BCUT2D eigenvalue weighted by Crippen LogP contribution is -2.03. The summed E-state index contributed by atoms with van der Waals surface area (Å²) in [4.78, 5) is 4.45. The van der Waals surface area contributed by atoms with E-state index in [2.05, 4.69) is 15.3 Å². The van der Waals surface area contributed by atoms with Gasteiger partial charge in [0, 0.05) is 6.20 Å². The average Bonchev–Trinajstić information content (AvgIpc) is 3.27. The molecule has 0 radical (unpaired) electrons. The van der Waals surface area contributed by atoms with Crippen LogP contribution in [0.5, 0.6) is 0 Å². The predicted octanol–water partition coefficient (Wildman–Crippen LogP) is 2.03. The SMILES string of the molecule is Cc1cccn2c(Cn3cc(-c4ccc(CO)o4)nn3)cnc12. The number of hydrogen-bond acceptors (Lipinski definition) is 5. The monoisotopic (exact) mass is 309 g/mol. The van der Waals surface area contributed by atoms with Crippen LogP contribution in [-0.4, -0.2) is 29.5 Å². The normalized spacial score (nSPS) is 11.4. The maximum atomic E-state index is 9.05. The first-order valence-electron chi connectivity index (χ1n) is 7.26. The summed E-state index contributed by atoms with van der Waals surface area (Å²) >= 11 is 0. The number of rotatable bonds is 4. The third-order valence-corrected chi connectivity index (χ3v) is 3.74. The van der Waals surface area contributed by atoms with Crippen molar-refractivity contribution in [3.05, 3.63) is 59.9 Å². The fourth-order valence-electron chi connectivity index (χ4n) is 2.57. The summed E-state index contributed by atoms with van der Waals surface area (Å²) in [6, 6.07) is 7.54. The molecule has 1 N–H and O–H groups in total. The van der Waals surface area contributed by atoms with Gasteiger partial charge in [-0.05, 0) is 30.7 Å². The molecule has 0 atom stereocenters. The second-order valence-electron chi connectivity index (χ2n) is 5.36. The highest BCUT2D eigenvalue weighted by Gasteiger charge is 2.11. The van der Waals surface area contributed by atoms with Gasteiger partial charge in [0.25, 0.3) is 0 Å². The molecule has 0 aromatic carbocycles. The molecule has 4 heterocycles. The second-order valence-corrected chi connectivity index (χ2v) is 5.36. The van der Waals surface area contributed by atoms with Crippen molar-refractivity contribution >= 4 is 5.65 Å². The van der Waals surface area contributed by atoms with Crippen LogP contribution in [0.3, 0.4) is 0 Å². The van der Waals surface area contributed by atoms with Crippen LogP contribution >= 0.6 is 0 Å². The van der Waals surface area contributed by atoms with E-state index in [0.29, 0.717) is 23.8 Å². The zero-order chi connectivity index (χ0) is 15.8. The summed E-state index contributed by atoms with van der Waals surface area (Å²) in [7, 11) is 0. The summed E-state index contributed by atoms with van der Waals surface area (Å²) in [5, 5.41) is 17.3. The smallest absolute Gasteiger partial charge is 0.156 e. The Morgan fingerprint density at radius 2 is 2.17 bits per heavy atom. The van der Waals surface area contributed by atoms with E-state index in [0.717, 1.165) is 16.9 Å². The van der Waals surface area contributed by atoms with Crippen LogP contribution in [0.25, 0.3) is 17.1 Å². The highest BCUT2D eigenvalue weighted by Crippen LogP contribution is 2.20. The third-order valence-electron chi connectivity index (χ3n) is 3.74. The van der Waals surface area contributed by atoms with Gasteiger partial charge in [0.1, 0.15) is 23.7 Å². The van der Waals surface area contributed by atoms with Crippen molar-refractivity contribution in [2.45, 2.75) is 20.1 Å². The molecule has 0 aliphatic heterocycles. The Bertz CT molecular complexity index is 966. The number of imidazole rings is 1. The Balaban J connectivity index is 1.63. The molecule has 0 fully saturated rings. The Kier molecular flexibility index (Phi) is 3.20. The Morgan fingerprint density at radius 1 is 1.26 bits per heavy atom. The molecule has 0 bridgehead atoms. The maximum absolute atomic E-state index is 9.05. The summed E-state index contributed by atoms with van der Waals surface area (Å²) in [6.07, 6.45) is 5.65. The van der Waals surface area contributed by atoms with Gasteiger partial charge in [-0.1, -0.05) is 11.3 Å². The topological polar surface area (TPSA) is 81.4 Å². The van der Waals surface area contributed by atoms with Crippen LogP contribution in [0, 0.1) is 6.92 Å². The van der Waals surface area contributed by atoms with Gasteiger partial charge in [-0.2, -0.15) is 0 Å². The number of hydrogen-bond donors (Lipinski definition) is 1. The molecule has 23 heavy (non-hydrogen) atoms.